The molecule has 19 heavy (non-hydrogen) atoms. The fourth-order valence-corrected chi connectivity index (χ4v) is 1.59. The summed E-state index contributed by atoms with van der Waals surface area (Å²) in [4.78, 5) is 22.1. The summed E-state index contributed by atoms with van der Waals surface area (Å²) in [5, 5.41) is 0. The minimum Gasteiger partial charge on any atom is -0.461 e. The van der Waals surface area contributed by atoms with E-state index >= 15 is 0 Å². The molecule has 0 aliphatic heterocycles. The normalized spacial score (nSPS) is 11.9. The Hall–Kier alpha value is -1.71. The van der Waals surface area contributed by atoms with Gasteiger partial charge in [0.25, 0.3) is 0 Å². The lowest BCUT2D eigenvalue weighted by molar-refractivity contribution is -0.145. The van der Waals surface area contributed by atoms with E-state index in [0.717, 1.165) is 5.56 Å². The predicted octanol–water partition coefficient (Wildman–Crippen LogP) is 3.22. The summed E-state index contributed by atoms with van der Waals surface area (Å²) in [6.45, 7) is 1.64. The monoisotopic (exact) mass is 266 g/mol. The van der Waals surface area contributed by atoms with Gasteiger partial charge in [0.2, 0.25) is 0 Å². The second-order valence-electron chi connectivity index (χ2n) is 4.52. The zero-order chi connectivity index (χ0) is 14.1. The highest BCUT2D eigenvalue weighted by molar-refractivity contribution is 5.75. The third-order valence-corrected chi connectivity index (χ3v) is 2.71. The number of hydrogen-bond donors (Lipinski definition) is 0. The number of ether oxygens (including phenoxy) is 1. The molecule has 104 valence electrons. The number of carbonyl (C=O) groups excluding carboxylic acids is 2. The number of rotatable bonds is 8. The van der Waals surface area contributed by atoms with Gasteiger partial charge in [-0.1, -0.05) is 30.3 Å². The Morgan fingerprint density at radius 2 is 1.79 bits per heavy atom. The summed E-state index contributed by atoms with van der Waals surface area (Å²) in [5.74, 6) is -0.441. The van der Waals surface area contributed by atoms with E-state index in [1.807, 2.05) is 30.3 Å². The molecule has 1 atom stereocenters. The lowest BCUT2D eigenvalue weighted by atomic mass is 10.1. The van der Waals surface area contributed by atoms with Crippen molar-refractivity contribution in [1.82, 2.24) is 0 Å². The van der Waals surface area contributed by atoms with Crippen LogP contribution in [-0.4, -0.2) is 17.9 Å². The Morgan fingerprint density at radius 1 is 1.16 bits per heavy atom. The van der Waals surface area contributed by atoms with E-state index < -0.39 is 12.1 Å². The minimum atomic E-state index is -1.12. The van der Waals surface area contributed by atoms with Gasteiger partial charge < -0.3 is 9.53 Å². The lowest BCUT2D eigenvalue weighted by Crippen LogP contribution is -2.09. The van der Waals surface area contributed by atoms with E-state index in [0.29, 0.717) is 0 Å². The van der Waals surface area contributed by atoms with Gasteiger partial charge in [-0.3, -0.25) is 4.79 Å². The summed E-state index contributed by atoms with van der Waals surface area (Å²) in [6, 6.07) is 9.33. The van der Waals surface area contributed by atoms with Gasteiger partial charge in [0.1, 0.15) is 18.6 Å². The fourth-order valence-electron chi connectivity index (χ4n) is 1.59. The fraction of sp³-hybridized carbons (Fsp3) is 0.467. The minimum absolute atomic E-state index is 0.0331. The van der Waals surface area contributed by atoms with Crippen molar-refractivity contribution in [3.8, 4) is 0 Å². The Labute approximate surface area is 112 Å². The SMILES string of the molecule is CC(=O)CCC(F)CCC(=O)OCc1ccccc1. The predicted molar refractivity (Wildman–Crippen MR) is 70.3 cm³/mol. The molecule has 0 aliphatic rings. The van der Waals surface area contributed by atoms with Gasteiger partial charge in [-0.15, -0.1) is 0 Å². The summed E-state index contributed by atoms with van der Waals surface area (Å²) in [7, 11) is 0. The Kier molecular flexibility index (Phi) is 6.79. The molecule has 0 spiro atoms. The van der Waals surface area contributed by atoms with Crippen LogP contribution in [0.5, 0.6) is 0 Å². The highest BCUT2D eigenvalue weighted by atomic mass is 19.1. The molecule has 3 nitrogen and oxygen atoms in total. The van der Waals surface area contributed by atoms with E-state index in [9.17, 15) is 14.0 Å². The smallest absolute Gasteiger partial charge is 0.306 e. The third kappa shape index (κ3) is 7.34. The van der Waals surface area contributed by atoms with Crippen LogP contribution in [-0.2, 0) is 20.9 Å². The van der Waals surface area contributed by atoms with Crippen molar-refractivity contribution < 1.29 is 18.7 Å². The van der Waals surface area contributed by atoms with Crippen LogP contribution < -0.4 is 0 Å². The van der Waals surface area contributed by atoms with Gasteiger partial charge >= 0.3 is 5.97 Å². The van der Waals surface area contributed by atoms with Crippen molar-refractivity contribution in [3.63, 3.8) is 0 Å². The molecule has 0 aromatic heterocycles. The highest BCUT2D eigenvalue weighted by Gasteiger charge is 2.11. The van der Waals surface area contributed by atoms with Crippen LogP contribution in [0.3, 0.4) is 0 Å². The number of Topliss-reactive ketones (excluding diaryl/α,β-unsaturated/α-hetero) is 1. The standard InChI is InChI=1S/C15H19FO3/c1-12(17)7-8-14(16)9-10-15(18)19-11-13-5-3-2-4-6-13/h2-6,14H,7-11H2,1H3. The number of benzene rings is 1. The third-order valence-electron chi connectivity index (χ3n) is 2.71. The molecule has 0 heterocycles. The van der Waals surface area contributed by atoms with Gasteiger partial charge in [0.15, 0.2) is 0 Å². The lowest BCUT2D eigenvalue weighted by Gasteiger charge is -2.07. The molecule has 4 heteroatoms. The van der Waals surface area contributed by atoms with E-state index in [1.165, 1.54) is 6.92 Å². The number of alkyl halides is 1. The van der Waals surface area contributed by atoms with Crippen molar-refractivity contribution in [3.05, 3.63) is 35.9 Å². The number of halogens is 1. The van der Waals surface area contributed by atoms with Crippen molar-refractivity contribution in [2.24, 2.45) is 0 Å². The van der Waals surface area contributed by atoms with Crippen LogP contribution in [0.2, 0.25) is 0 Å². The highest BCUT2D eigenvalue weighted by Crippen LogP contribution is 2.11. The van der Waals surface area contributed by atoms with Crippen LogP contribution in [0, 0.1) is 0 Å². The first kappa shape index (κ1) is 15.3. The molecule has 0 aliphatic carbocycles. The van der Waals surface area contributed by atoms with Crippen LogP contribution in [0.4, 0.5) is 4.39 Å². The molecule has 0 fully saturated rings. The van der Waals surface area contributed by atoms with Gasteiger partial charge in [-0.25, -0.2) is 4.39 Å². The zero-order valence-corrected chi connectivity index (χ0v) is 11.1. The molecular weight excluding hydrogens is 247 g/mol. The van der Waals surface area contributed by atoms with Crippen molar-refractivity contribution in [1.29, 1.82) is 0 Å². The maximum Gasteiger partial charge on any atom is 0.306 e. The van der Waals surface area contributed by atoms with Gasteiger partial charge in [-0.05, 0) is 25.3 Å². The number of ketones is 1. The van der Waals surface area contributed by atoms with Crippen LogP contribution >= 0.6 is 0 Å². The second kappa shape index (κ2) is 8.40. The Bertz CT molecular complexity index is 403. The molecule has 0 N–H and O–H groups in total. The summed E-state index contributed by atoms with van der Waals surface area (Å²) >= 11 is 0. The first-order valence-corrected chi connectivity index (χ1v) is 6.41. The van der Waals surface area contributed by atoms with Crippen LogP contribution in [0.25, 0.3) is 0 Å². The molecule has 1 aromatic carbocycles. The molecule has 0 radical (unpaired) electrons. The maximum absolute atomic E-state index is 13.3. The molecule has 1 rings (SSSR count). The summed E-state index contributed by atoms with van der Waals surface area (Å²) in [6.07, 6.45) is -0.554. The number of esters is 1. The molecule has 0 saturated heterocycles. The van der Waals surface area contributed by atoms with Gasteiger partial charge in [0.05, 0.1) is 0 Å². The van der Waals surface area contributed by atoms with Gasteiger partial charge in [-0.2, -0.15) is 0 Å². The average molecular weight is 266 g/mol. The number of hydrogen-bond acceptors (Lipinski definition) is 3. The van der Waals surface area contributed by atoms with E-state index in [2.05, 4.69) is 0 Å². The first-order chi connectivity index (χ1) is 9.08. The average Bonchev–Trinajstić information content (AvgIpc) is 2.41. The van der Waals surface area contributed by atoms with Crippen molar-refractivity contribution >= 4 is 11.8 Å². The molecule has 1 unspecified atom stereocenters. The van der Waals surface area contributed by atoms with Crippen molar-refractivity contribution in [2.75, 3.05) is 0 Å². The van der Waals surface area contributed by atoms with Crippen LogP contribution in [0.1, 0.15) is 38.2 Å². The van der Waals surface area contributed by atoms with Crippen LogP contribution in [0.15, 0.2) is 30.3 Å². The molecule has 1 aromatic rings. The largest absolute Gasteiger partial charge is 0.461 e. The van der Waals surface area contributed by atoms with E-state index in [4.69, 9.17) is 4.74 Å². The Morgan fingerprint density at radius 3 is 2.42 bits per heavy atom. The Balaban J connectivity index is 2.16. The molecule has 0 saturated carbocycles. The molecular formula is C15H19FO3. The van der Waals surface area contributed by atoms with E-state index in [1.54, 1.807) is 0 Å². The first-order valence-electron chi connectivity index (χ1n) is 6.41. The molecule has 0 bridgehead atoms. The molecule has 0 amide bonds. The summed E-state index contributed by atoms with van der Waals surface area (Å²) in [5.41, 5.74) is 0.907. The maximum atomic E-state index is 13.3. The number of carbonyl (C=O) groups is 2. The van der Waals surface area contributed by atoms with E-state index in [-0.39, 0.29) is 38.1 Å². The summed E-state index contributed by atoms with van der Waals surface area (Å²) < 4.78 is 18.4. The second-order valence-corrected chi connectivity index (χ2v) is 4.52. The van der Waals surface area contributed by atoms with Gasteiger partial charge in [0, 0.05) is 12.8 Å². The topological polar surface area (TPSA) is 43.4 Å². The zero-order valence-electron chi connectivity index (χ0n) is 11.1. The van der Waals surface area contributed by atoms with Crippen molar-refractivity contribution in [2.45, 2.75) is 45.4 Å². The quantitative estimate of drug-likeness (QED) is 0.678.